The molecule has 0 saturated carbocycles. The summed E-state index contributed by atoms with van der Waals surface area (Å²) in [5.74, 6) is 0. The molecule has 3 rings (SSSR count). The maximum atomic E-state index is 12.3. The van der Waals surface area contributed by atoms with Crippen LogP contribution in [0.5, 0.6) is 0 Å². The van der Waals surface area contributed by atoms with E-state index in [4.69, 9.17) is 11.6 Å². The molecule has 0 amide bonds. The van der Waals surface area contributed by atoms with E-state index < -0.39 is 0 Å². The molecule has 0 aliphatic carbocycles. The van der Waals surface area contributed by atoms with Gasteiger partial charge in [0.25, 0.3) is 0 Å². The fraction of sp³-hybridized carbons (Fsp3) is 0.182. The molecule has 0 spiro atoms. The fourth-order valence-electron chi connectivity index (χ4n) is 1.66. The minimum atomic E-state index is -0.371. The first-order valence-electron chi connectivity index (χ1n) is 5.83. The van der Waals surface area contributed by atoms with Gasteiger partial charge in [-0.1, -0.05) is 46.8 Å². The second kappa shape index (κ2) is 5.96. The lowest BCUT2D eigenvalue weighted by atomic mass is 10.3. The van der Waals surface area contributed by atoms with Gasteiger partial charge < -0.3 is 0 Å². The smallest absolute Gasteiger partial charge is 0.244 e. The SMILES string of the molecule is CSc1nnc(Cn2nnn(-c3ccccc3Cl)c2=O)s1. The number of benzene rings is 1. The maximum Gasteiger partial charge on any atom is 0.368 e. The largest absolute Gasteiger partial charge is 0.368 e. The minimum absolute atomic E-state index is 0.238. The van der Waals surface area contributed by atoms with Crippen molar-refractivity contribution >= 4 is 34.7 Å². The Morgan fingerprint density at radius 2 is 2.10 bits per heavy atom. The molecule has 2 heterocycles. The summed E-state index contributed by atoms with van der Waals surface area (Å²) in [6, 6.07) is 6.96. The van der Waals surface area contributed by atoms with Gasteiger partial charge in [0.15, 0.2) is 4.34 Å². The third kappa shape index (κ3) is 2.85. The van der Waals surface area contributed by atoms with Crippen molar-refractivity contribution in [3.63, 3.8) is 0 Å². The van der Waals surface area contributed by atoms with Crippen LogP contribution in [-0.2, 0) is 6.54 Å². The summed E-state index contributed by atoms with van der Waals surface area (Å²) in [5, 5.41) is 16.8. The van der Waals surface area contributed by atoms with E-state index in [1.807, 2.05) is 6.26 Å². The molecule has 0 saturated heterocycles. The van der Waals surface area contributed by atoms with E-state index in [1.165, 1.54) is 32.5 Å². The Hall–Kier alpha value is -1.71. The van der Waals surface area contributed by atoms with E-state index in [1.54, 1.807) is 24.3 Å². The van der Waals surface area contributed by atoms with E-state index in [0.29, 0.717) is 15.7 Å². The number of rotatable bonds is 4. The molecule has 7 nitrogen and oxygen atoms in total. The van der Waals surface area contributed by atoms with Crippen molar-refractivity contribution < 1.29 is 0 Å². The molecule has 108 valence electrons. The van der Waals surface area contributed by atoms with Crippen molar-refractivity contribution in [3.05, 3.63) is 44.8 Å². The predicted molar refractivity (Wildman–Crippen MR) is 81.4 cm³/mol. The predicted octanol–water partition coefficient (Wildman–Crippen LogP) is 1.70. The molecule has 0 radical (unpaired) electrons. The quantitative estimate of drug-likeness (QED) is 0.673. The van der Waals surface area contributed by atoms with Gasteiger partial charge in [0.2, 0.25) is 0 Å². The molecule has 2 aromatic heterocycles. The summed E-state index contributed by atoms with van der Waals surface area (Å²) in [6.45, 7) is 0.238. The standard InChI is InChI=1S/C11H9ClN6OS2/c1-20-10-14-13-9(21-10)6-17-11(19)18(16-15-17)8-5-3-2-4-7(8)12/h2-5H,6H2,1H3. The number of tetrazole rings is 1. The third-order valence-corrected chi connectivity index (χ3v) is 4.83. The van der Waals surface area contributed by atoms with Crippen LogP contribution < -0.4 is 5.69 Å². The zero-order valence-corrected chi connectivity index (χ0v) is 13.2. The highest BCUT2D eigenvalue weighted by atomic mass is 35.5. The van der Waals surface area contributed by atoms with Gasteiger partial charge in [0.05, 0.1) is 10.7 Å². The molecule has 0 unspecified atom stereocenters. The zero-order chi connectivity index (χ0) is 14.8. The molecular formula is C11H9ClN6OS2. The Bertz CT molecular complexity index is 826. The maximum absolute atomic E-state index is 12.3. The Balaban J connectivity index is 1.93. The fourth-order valence-corrected chi connectivity index (χ4v) is 3.17. The van der Waals surface area contributed by atoms with Crippen LogP contribution in [0, 0.1) is 0 Å². The number of para-hydroxylation sites is 1. The van der Waals surface area contributed by atoms with Crippen LogP contribution in [0.4, 0.5) is 0 Å². The summed E-state index contributed by atoms with van der Waals surface area (Å²) >= 11 is 8.99. The summed E-state index contributed by atoms with van der Waals surface area (Å²) in [5.41, 5.74) is 0.126. The first-order valence-corrected chi connectivity index (χ1v) is 8.25. The van der Waals surface area contributed by atoms with Crippen molar-refractivity contribution in [1.29, 1.82) is 0 Å². The molecule has 0 aliphatic heterocycles. The van der Waals surface area contributed by atoms with Crippen molar-refractivity contribution in [1.82, 2.24) is 30.0 Å². The Labute approximate surface area is 132 Å². The van der Waals surface area contributed by atoms with Crippen LogP contribution in [0.3, 0.4) is 0 Å². The molecular weight excluding hydrogens is 332 g/mol. The first-order chi connectivity index (χ1) is 10.2. The second-order valence-electron chi connectivity index (χ2n) is 3.95. The van der Waals surface area contributed by atoms with E-state index in [9.17, 15) is 4.79 Å². The summed E-state index contributed by atoms with van der Waals surface area (Å²) < 4.78 is 3.24. The van der Waals surface area contributed by atoms with Gasteiger partial charge >= 0.3 is 5.69 Å². The highest BCUT2D eigenvalue weighted by molar-refractivity contribution is 8.00. The molecule has 1 aromatic carbocycles. The van der Waals surface area contributed by atoms with Crippen LogP contribution in [0.15, 0.2) is 33.4 Å². The Kier molecular flexibility index (Phi) is 4.04. The number of hydrogen-bond acceptors (Lipinski definition) is 7. The van der Waals surface area contributed by atoms with Crippen LogP contribution >= 0.6 is 34.7 Å². The average Bonchev–Trinajstić information content (AvgIpc) is 3.08. The third-order valence-electron chi connectivity index (χ3n) is 2.63. The number of thioether (sulfide) groups is 1. The average molecular weight is 341 g/mol. The molecule has 0 fully saturated rings. The topological polar surface area (TPSA) is 78.5 Å². The van der Waals surface area contributed by atoms with Crippen LogP contribution in [-0.4, -0.2) is 36.2 Å². The minimum Gasteiger partial charge on any atom is -0.244 e. The Morgan fingerprint density at radius 1 is 1.29 bits per heavy atom. The van der Waals surface area contributed by atoms with Gasteiger partial charge in [-0.2, -0.15) is 9.36 Å². The van der Waals surface area contributed by atoms with Crippen LogP contribution in [0.25, 0.3) is 5.69 Å². The molecule has 0 bridgehead atoms. The van der Waals surface area contributed by atoms with Gasteiger partial charge in [-0.05, 0) is 28.8 Å². The monoisotopic (exact) mass is 340 g/mol. The van der Waals surface area contributed by atoms with E-state index >= 15 is 0 Å². The summed E-state index contributed by atoms with van der Waals surface area (Å²) in [6.07, 6.45) is 1.92. The molecule has 3 aromatic rings. The lowest BCUT2D eigenvalue weighted by Gasteiger charge is -1.99. The highest BCUT2D eigenvalue weighted by Gasteiger charge is 2.13. The molecule has 0 atom stereocenters. The highest BCUT2D eigenvalue weighted by Crippen LogP contribution is 2.20. The molecule has 10 heteroatoms. The van der Waals surface area contributed by atoms with Gasteiger partial charge in [0, 0.05) is 0 Å². The summed E-state index contributed by atoms with van der Waals surface area (Å²) in [4.78, 5) is 12.3. The van der Waals surface area contributed by atoms with Crippen molar-refractivity contribution in [3.8, 4) is 5.69 Å². The number of hydrogen-bond donors (Lipinski definition) is 0. The number of nitrogens with zero attached hydrogens (tertiary/aromatic N) is 6. The van der Waals surface area contributed by atoms with Crippen molar-refractivity contribution in [2.45, 2.75) is 10.9 Å². The second-order valence-corrected chi connectivity index (χ2v) is 6.47. The first kappa shape index (κ1) is 14.2. The Morgan fingerprint density at radius 3 is 2.81 bits per heavy atom. The zero-order valence-electron chi connectivity index (χ0n) is 10.8. The lowest BCUT2D eigenvalue weighted by molar-refractivity contribution is 0.625. The van der Waals surface area contributed by atoms with E-state index in [-0.39, 0.29) is 12.2 Å². The summed E-state index contributed by atoms with van der Waals surface area (Å²) in [7, 11) is 0. The molecule has 0 N–H and O–H groups in total. The number of aromatic nitrogens is 6. The van der Waals surface area contributed by atoms with Crippen LogP contribution in [0.1, 0.15) is 5.01 Å². The van der Waals surface area contributed by atoms with E-state index in [0.717, 1.165) is 4.34 Å². The van der Waals surface area contributed by atoms with E-state index in [2.05, 4.69) is 20.6 Å². The van der Waals surface area contributed by atoms with Crippen molar-refractivity contribution in [2.75, 3.05) is 6.26 Å². The normalized spacial score (nSPS) is 11.0. The molecule has 21 heavy (non-hydrogen) atoms. The van der Waals surface area contributed by atoms with Gasteiger partial charge in [-0.25, -0.2) is 4.79 Å². The van der Waals surface area contributed by atoms with Gasteiger partial charge in [0.1, 0.15) is 11.6 Å². The van der Waals surface area contributed by atoms with Gasteiger partial charge in [-0.15, -0.1) is 10.2 Å². The van der Waals surface area contributed by atoms with Gasteiger partial charge in [-0.3, -0.25) is 0 Å². The molecule has 0 aliphatic rings. The van der Waals surface area contributed by atoms with Crippen LogP contribution in [0.2, 0.25) is 5.02 Å². The van der Waals surface area contributed by atoms with Crippen molar-refractivity contribution in [2.24, 2.45) is 0 Å². The lowest BCUT2D eigenvalue weighted by Crippen LogP contribution is -2.24. The number of halogens is 1.